The SMILES string of the molecule is CC1(C)C2CCC1(C)C(OC(=O)C1CCCN1C(=O)C1CSCN1C(=O)C(O)Cc1ccc(O)cc1)C2. The largest absolute Gasteiger partial charge is 0.508 e. The Morgan fingerprint density at radius 3 is 2.49 bits per heavy atom. The number of aliphatic hydroxyl groups excluding tert-OH is 1. The van der Waals surface area contributed by atoms with Crippen molar-refractivity contribution in [3.8, 4) is 5.75 Å². The van der Waals surface area contributed by atoms with Crippen molar-refractivity contribution < 1.29 is 29.3 Å². The first-order valence-electron chi connectivity index (χ1n) is 13.4. The van der Waals surface area contributed by atoms with E-state index in [-0.39, 0.29) is 41.0 Å². The molecule has 202 valence electrons. The highest BCUT2D eigenvalue weighted by Gasteiger charge is 2.63. The molecule has 0 aromatic heterocycles. The number of ether oxygens (including phenoxy) is 1. The fourth-order valence-electron chi connectivity index (χ4n) is 6.99. The molecule has 2 aliphatic heterocycles. The number of hydrogen-bond acceptors (Lipinski definition) is 7. The number of nitrogens with zero attached hydrogens (tertiary/aromatic N) is 2. The highest BCUT2D eigenvalue weighted by atomic mass is 32.2. The van der Waals surface area contributed by atoms with Crippen LogP contribution >= 0.6 is 11.8 Å². The Hall–Kier alpha value is -2.26. The Morgan fingerprint density at radius 1 is 1.11 bits per heavy atom. The molecule has 5 rings (SSSR count). The minimum absolute atomic E-state index is 0.0419. The molecule has 9 heteroatoms. The molecule has 2 N–H and O–H groups in total. The molecule has 6 atom stereocenters. The molecule has 6 unspecified atom stereocenters. The molecule has 2 saturated heterocycles. The highest BCUT2D eigenvalue weighted by molar-refractivity contribution is 7.99. The molecule has 0 spiro atoms. The zero-order chi connectivity index (χ0) is 26.5. The minimum atomic E-state index is -1.29. The number of carbonyl (C=O) groups is 3. The van der Waals surface area contributed by atoms with Crippen LogP contribution in [0.3, 0.4) is 0 Å². The smallest absolute Gasteiger partial charge is 0.329 e. The Kier molecular flexibility index (Phi) is 6.98. The lowest BCUT2D eigenvalue weighted by molar-refractivity contribution is -0.165. The van der Waals surface area contributed by atoms with E-state index in [1.165, 1.54) is 35.2 Å². The van der Waals surface area contributed by atoms with Gasteiger partial charge in [-0.25, -0.2) is 4.79 Å². The number of phenols is 1. The predicted octanol–water partition coefficient (Wildman–Crippen LogP) is 2.95. The van der Waals surface area contributed by atoms with Crippen LogP contribution in [-0.2, 0) is 25.5 Å². The maximum absolute atomic E-state index is 13.6. The highest BCUT2D eigenvalue weighted by Crippen LogP contribution is 2.66. The lowest BCUT2D eigenvalue weighted by atomic mass is 9.70. The zero-order valence-corrected chi connectivity index (χ0v) is 22.7. The van der Waals surface area contributed by atoms with Crippen LogP contribution in [0.2, 0.25) is 0 Å². The summed E-state index contributed by atoms with van der Waals surface area (Å²) in [5, 5.41) is 20.1. The molecule has 2 saturated carbocycles. The van der Waals surface area contributed by atoms with Crippen molar-refractivity contribution in [1.29, 1.82) is 0 Å². The summed E-state index contributed by atoms with van der Waals surface area (Å²) in [5.41, 5.74) is 0.805. The van der Waals surface area contributed by atoms with Gasteiger partial charge in [0.25, 0.3) is 5.91 Å². The average molecular weight is 531 g/mol. The Bertz CT molecular complexity index is 1060. The maximum atomic E-state index is 13.6. The summed E-state index contributed by atoms with van der Waals surface area (Å²) in [4.78, 5) is 43.1. The van der Waals surface area contributed by atoms with Crippen molar-refractivity contribution in [2.24, 2.45) is 16.7 Å². The molecule has 0 radical (unpaired) electrons. The molecule has 2 amide bonds. The number of likely N-dealkylation sites (tertiary alicyclic amines) is 1. The summed E-state index contributed by atoms with van der Waals surface area (Å²) in [6.07, 6.45) is 3.08. The number of aliphatic hydroxyl groups is 1. The summed E-state index contributed by atoms with van der Waals surface area (Å²) in [5.74, 6) is 0.368. The standard InChI is InChI=1S/C28H38N2O6S/c1-27(2)18-10-11-28(27,3)23(14-18)36-26(35)20-5-4-12-29(20)24(33)21-15-37-16-30(21)25(34)22(32)13-17-6-8-19(31)9-7-17/h6-9,18,20-23,31-32H,4-5,10-16H2,1-3H3. The Morgan fingerprint density at radius 2 is 1.84 bits per heavy atom. The van der Waals surface area contributed by atoms with Gasteiger partial charge in [0.1, 0.15) is 30.0 Å². The summed E-state index contributed by atoms with van der Waals surface area (Å²) in [6.45, 7) is 7.26. The molecule has 1 aromatic carbocycles. The van der Waals surface area contributed by atoms with Gasteiger partial charge in [-0.2, -0.15) is 0 Å². The lowest BCUT2D eigenvalue weighted by Gasteiger charge is -2.39. The summed E-state index contributed by atoms with van der Waals surface area (Å²) < 4.78 is 6.12. The van der Waals surface area contributed by atoms with Gasteiger partial charge in [-0.15, -0.1) is 11.8 Å². The first kappa shape index (κ1) is 26.4. The minimum Gasteiger partial charge on any atom is -0.508 e. The van der Waals surface area contributed by atoms with Crippen molar-refractivity contribution in [1.82, 2.24) is 9.80 Å². The fourth-order valence-corrected chi connectivity index (χ4v) is 8.15. The van der Waals surface area contributed by atoms with Gasteiger partial charge < -0.3 is 24.7 Å². The Labute approximate surface area is 222 Å². The van der Waals surface area contributed by atoms with E-state index in [0.717, 1.165) is 19.3 Å². The van der Waals surface area contributed by atoms with E-state index in [4.69, 9.17) is 4.74 Å². The van der Waals surface area contributed by atoms with Crippen LogP contribution in [0, 0.1) is 16.7 Å². The van der Waals surface area contributed by atoms with Gasteiger partial charge in [-0.3, -0.25) is 9.59 Å². The topological polar surface area (TPSA) is 107 Å². The van der Waals surface area contributed by atoms with Crippen molar-refractivity contribution in [3.63, 3.8) is 0 Å². The molecule has 37 heavy (non-hydrogen) atoms. The van der Waals surface area contributed by atoms with Gasteiger partial charge in [-0.05, 0) is 61.1 Å². The van der Waals surface area contributed by atoms with Crippen LogP contribution in [0.1, 0.15) is 58.4 Å². The second-order valence-electron chi connectivity index (χ2n) is 11.9. The number of esters is 1. The lowest BCUT2D eigenvalue weighted by Crippen LogP contribution is -2.54. The van der Waals surface area contributed by atoms with E-state index in [1.807, 2.05) is 0 Å². The van der Waals surface area contributed by atoms with E-state index in [9.17, 15) is 24.6 Å². The van der Waals surface area contributed by atoms with Gasteiger partial charge in [0.05, 0.1) is 5.88 Å². The molecular formula is C28H38N2O6S. The Balaban J connectivity index is 1.23. The first-order valence-corrected chi connectivity index (χ1v) is 14.5. The summed E-state index contributed by atoms with van der Waals surface area (Å²) >= 11 is 1.47. The predicted molar refractivity (Wildman–Crippen MR) is 140 cm³/mol. The molecular weight excluding hydrogens is 492 g/mol. The molecule has 8 nitrogen and oxygen atoms in total. The van der Waals surface area contributed by atoms with E-state index >= 15 is 0 Å². The van der Waals surface area contributed by atoms with Crippen molar-refractivity contribution >= 4 is 29.5 Å². The number of hydrogen-bond donors (Lipinski definition) is 2. The van der Waals surface area contributed by atoms with Crippen LogP contribution in [0.4, 0.5) is 0 Å². The maximum Gasteiger partial charge on any atom is 0.329 e. The monoisotopic (exact) mass is 530 g/mol. The number of benzene rings is 1. The quantitative estimate of drug-likeness (QED) is 0.545. The van der Waals surface area contributed by atoms with E-state index in [0.29, 0.717) is 36.1 Å². The van der Waals surface area contributed by atoms with E-state index < -0.39 is 24.1 Å². The molecule has 4 fully saturated rings. The molecule has 4 aliphatic rings. The average Bonchev–Trinajstić information content (AvgIpc) is 3.62. The van der Waals surface area contributed by atoms with Crippen LogP contribution in [0.25, 0.3) is 0 Å². The van der Waals surface area contributed by atoms with E-state index in [2.05, 4.69) is 20.8 Å². The zero-order valence-electron chi connectivity index (χ0n) is 21.9. The van der Waals surface area contributed by atoms with Crippen LogP contribution < -0.4 is 0 Å². The van der Waals surface area contributed by atoms with Gasteiger partial charge in [-0.1, -0.05) is 32.9 Å². The number of aromatic hydroxyl groups is 1. The third kappa shape index (κ3) is 4.52. The van der Waals surface area contributed by atoms with Crippen LogP contribution in [-0.4, -0.2) is 80.3 Å². The fraction of sp³-hybridized carbons (Fsp3) is 0.679. The summed E-state index contributed by atoms with van der Waals surface area (Å²) in [6, 6.07) is 5.00. The molecule has 1 aromatic rings. The first-order chi connectivity index (χ1) is 17.5. The van der Waals surface area contributed by atoms with Crippen LogP contribution in [0.5, 0.6) is 5.75 Å². The number of fused-ring (bicyclic) bond motifs is 2. The number of carbonyl (C=O) groups excluding carboxylic acids is 3. The number of rotatable bonds is 6. The molecule has 2 heterocycles. The van der Waals surface area contributed by atoms with Gasteiger partial charge in [0, 0.05) is 24.1 Å². The van der Waals surface area contributed by atoms with Crippen molar-refractivity contribution in [3.05, 3.63) is 29.8 Å². The number of thioether (sulfide) groups is 1. The molecule has 2 bridgehead atoms. The molecule has 2 aliphatic carbocycles. The third-order valence-corrected chi connectivity index (χ3v) is 10.9. The second-order valence-corrected chi connectivity index (χ2v) is 12.9. The van der Waals surface area contributed by atoms with Crippen LogP contribution in [0.15, 0.2) is 24.3 Å². The number of phenolic OH excluding ortho intramolecular Hbond substituents is 1. The summed E-state index contributed by atoms with van der Waals surface area (Å²) in [7, 11) is 0. The van der Waals surface area contributed by atoms with Gasteiger partial charge in [0.15, 0.2) is 0 Å². The van der Waals surface area contributed by atoms with Gasteiger partial charge >= 0.3 is 5.97 Å². The van der Waals surface area contributed by atoms with Gasteiger partial charge in [0.2, 0.25) is 5.91 Å². The van der Waals surface area contributed by atoms with Crippen molar-refractivity contribution in [2.45, 2.75) is 83.6 Å². The second kappa shape index (κ2) is 9.80. The number of amides is 2. The van der Waals surface area contributed by atoms with Crippen molar-refractivity contribution in [2.75, 3.05) is 18.2 Å². The normalized spacial score (nSPS) is 33.1. The van der Waals surface area contributed by atoms with E-state index in [1.54, 1.807) is 17.0 Å². The third-order valence-electron chi connectivity index (χ3n) is 9.88.